The van der Waals surface area contributed by atoms with Crippen LogP contribution in [0.5, 0.6) is 0 Å². The van der Waals surface area contributed by atoms with Crippen LogP contribution in [-0.2, 0) is 0 Å². The van der Waals surface area contributed by atoms with Crippen LogP contribution in [0.1, 0.15) is 23.0 Å². The van der Waals surface area contributed by atoms with Gasteiger partial charge in [-0.15, -0.1) is 0 Å². The second-order valence-corrected chi connectivity index (χ2v) is 3.97. The highest BCUT2D eigenvalue weighted by molar-refractivity contribution is 6.11. The van der Waals surface area contributed by atoms with Crippen molar-refractivity contribution in [2.24, 2.45) is 5.73 Å². The zero-order valence-electron chi connectivity index (χ0n) is 9.17. The molecule has 1 atom stereocenters. The smallest absolute Gasteiger partial charge is 0.181 e. The second-order valence-electron chi connectivity index (χ2n) is 3.97. The largest absolute Gasteiger partial charge is 0.358 e. The van der Waals surface area contributed by atoms with E-state index in [4.69, 9.17) is 5.73 Å². The standard InChI is InChI=1S/C12H13FN2O/c1-6(14)12(16)11-7(2)15-10-4-3-8(13)5-9(10)11/h3-6,15H,14H2,1-2H3. The van der Waals surface area contributed by atoms with Gasteiger partial charge in [0.2, 0.25) is 0 Å². The molecule has 0 aliphatic carbocycles. The number of carbonyl (C=O) groups excluding carboxylic acids is 1. The van der Waals surface area contributed by atoms with E-state index in [1.165, 1.54) is 12.1 Å². The average Bonchev–Trinajstić information content (AvgIpc) is 2.52. The van der Waals surface area contributed by atoms with Crippen molar-refractivity contribution >= 4 is 16.7 Å². The van der Waals surface area contributed by atoms with Crippen LogP contribution in [0.15, 0.2) is 18.2 Å². The topological polar surface area (TPSA) is 58.9 Å². The summed E-state index contributed by atoms with van der Waals surface area (Å²) in [5.41, 5.74) is 7.54. The molecule has 3 nitrogen and oxygen atoms in total. The fourth-order valence-electron chi connectivity index (χ4n) is 1.84. The fraction of sp³-hybridized carbons (Fsp3) is 0.250. The normalized spacial score (nSPS) is 13.0. The van der Waals surface area contributed by atoms with Gasteiger partial charge in [0.25, 0.3) is 0 Å². The summed E-state index contributed by atoms with van der Waals surface area (Å²) in [7, 11) is 0. The molecule has 1 aromatic carbocycles. The molecule has 4 heteroatoms. The first kappa shape index (κ1) is 10.8. The molecule has 2 rings (SSSR count). The Hall–Kier alpha value is -1.68. The van der Waals surface area contributed by atoms with E-state index in [9.17, 15) is 9.18 Å². The monoisotopic (exact) mass is 220 g/mol. The van der Waals surface area contributed by atoms with E-state index in [1.807, 2.05) is 0 Å². The van der Waals surface area contributed by atoms with Gasteiger partial charge in [0, 0.05) is 22.2 Å². The molecule has 0 aliphatic rings. The molecule has 0 bridgehead atoms. The van der Waals surface area contributed by atoms with E-state index < -0.39 is 6.04 Å². The Kier molecular flexibility index (Phi) is 2.52. The molecular weight excluding hydrogens is 207 g/mol. The Morgan fingerprint density at radius 3 is 2.81 bits per heavy atom. The molecule has 1 aromatic heterocycles. The van der Waals surface area contributed by atoms with Crippen LogP contribution in [-0.4, -0.2) is 16.8 Å². The molecule has 0 spiro atoms. The minimum Gasteiger partial charge on any atom is -0.358 e. The van der Waals surface area contributed by atoms with Crippen LogP contribution in [0, 0.1) is 12.7 Å². The van der Waals surface area contributed by atoms with E-state index in [0.717, 1.165) is 11.2 Å². The third-order valence-corrected chi connectivity index (χ3v) is 2.61. The average molecular weight is 220 g/mol. The Morgan fingerprint density at radius 2 is 2.19 bits per heavy atom. The zero-order valence-corrected chi connectivity index (χ0v) is 9.17. The number of fused-ring (bicyclic) bond motifs is 1. The Morgan fingerprint density at radius 1 is 1.50 bits per heavy atom. The first-order valence-corrected chi connectivity index (χ1v) is 5.08. The molecule has 1 heterocycles. The summed E-state index contributed by atoms with van der Waals surface area (Å²) in [6.07, 6.45) is 0. The quantitative estimate of drug-likeness (QED) is 0.762. The summed E-state index contributed by atoms with van der Waals surface area (Å²) < 4.78 is 13.1. The van der Waals surface area contributed by atoms with Crippen molar-refractivity contribution in [3.8, 4) is 0 Å². The Labute approximate surface area is 92.4 Å². The summed E-state index contributed by atoms with van der Waals surface area (Å²) in [6, 6.07) is 3.75. The van der Waals surface area contributed by atoms with Gasteiger partial charge in [-0.05, 0) is 32.0 Å². The number of rotatable bonds is 2. The predicted molar refractivity (Wildman–Crippen MR) is 61.0 cm³/mol. The van der Waals surface area contributed by atoms with Crippen molar-refractivity contribution in [1.29, 1.82) is 0 Å². The minimum absolute atomic E-state index is 0.172. The van der Waals surface area contributed by atoms with E-state index >= 15 is 0 Å². The summed E-state index contributed by atoms with van der Waals surface area (Å²) in [5.74, 6) is -0.528. The molecule has 3 N–H and O–H groups in total. The lowest BCUT2D eigenvalue weighted by Crippen LogP contribution is -2.27. The first-order valence-electron chi connectivity index (χ1n) is 5.08. The van der Waals surface area contributed by atoms with Crippen LogP contribution in [0.4, 0.5) is 4.39 Å². The minimum atomic E-state index is -0.582. The van der Waals surface area contributed by atoms with Gasteiger partial charge < -0.3 is 10.7 Å². The number of ketones is 1. The zero-order chi connectivity index (χ0) is 11.9. The van der Waals surface area contributed by atoms with Crippen LogP contribution in [0.3, 0.4) is 0 Å². The van der Waals surface area contributed by atoms with Gasteiger partial charge in [0.05, 0.1) is 6.04 Å². The molecule has 2 aromatic rings. The molecule has 0 amide bonds. The summed E-state index contributed by atoms with van der Waals surface area (Å²) in [6.45, 7) is 3.41. The van der Waals surface area contributed by atoms with Gasteiger partial charge in [-0.25, -0.2) is 4.39 Å². The molecular formula is C12H13FN2O. The number of halogens is 1. The number of carbonyl (C=O) groups is 1. The number of hydrogen-bond acceptors (Lipinski definition) is 2. The number of nitrogens with two attached hydrogens (primary N) is 1. The highest BCUT2D eigenvalue weighted by atomic mass is 19.1. The molecule has 84 valence electrons. The number of benzene rings is 1. The molecule has 0 saturated carbocycles. The third-order valence-electron chi connectivity index (χ3n) is 2.61. The van der Waals surface area contributed by atoms with Crippen molar-refractivity contribution in [2.45, 2.75) is 19.9 Å². The number of aromatic nitrogens is 1. The first-order chi connectivity index (χ1) is 7.50. The fourth-order valence-corrected chi connectivity index (χ4v) is 1.84. The third kappa shape index (κ3) is 1.61. The number of hydrogen-bond donors (Lipinski definition) is 2. The van der Waals surface area contributed by atoms with Crippen molar-refractivity contribution < 1.29 is 9.18 Å². The van der Waals surface area contributed by atoms with Gasteiger partial charge in [-0.3, -0.25) is 4.79 Å². The number of aromatic amines is 1. The maximum Gasteiger partial charge on any atom is 0.181 e. The maximum absolute atomic E-state index is 13.1. The van der Waals surface area contributed by atoms with Crippen LogP contribution >= 0.6 is 0 Å². The van der Waals surface area contributed by atoms with Crippen molar-refractivity contribution in [1.82, 2.24) is 4.98 Å². The molecule has 0 radical (unpaired) electrons. The van der Waals surface area contributed by atoms with Gasteiger partial charge >= 0.3 is 0 Å². The number of Topliss-reactive ketones (excluding diaryl/α,β-unsaturated/α-hetero) is 1. The molecule has 16 heavy (non-hydrogen) atoms. The van der Waals surface area contributed by atoms with Crippen LogP contribution in [0.25, 0.3) is 10.9 Å². The number of aryl methyl sites for hydroxylation is 1. The van der Waals surface area contributed by atoms with Gasteiger partial charge in [-0.2, -0.15) is 0 Å². The highest BCUT2D eigenvalue weighted by Gasteiger charge is 2.19. The summed E-state index contributed by atoms with van der Waals surface area (Å²) in [5, 5.41) is 0.597. The van der Waals surface area contributed by atoms with Crippen molar-refractivity contribution in [3.05, 3.63) is 35.3 Å². The van der Waals surface area contributed by atoms with Gasteiger partial charge in [0.15, 0.2) is 5.78 Å². The Balaban J connectivity index is 2.72. The lowest BCUT2D eigenvalue weighted by molar-refractivity contribution is 0.0969. The number of nitrogens with one attached hydrogen (secondary N) is 1. The molecule has 0 aliphatic heterocycles. The van der Waals surface area contributed by atoms with E-state index in [-0.39, 0.29) is 11.6 Å². The predicted octanol–water partition coefficient (Wildman–Crippen LogP) is 2.15. The highest BCUT2D eigenvalue weighted by Crippen LogP contribution is 2.24. The van der Waals surface area contributed by atoms with E-state index in [2.05, 4.69) is 4.98 Å². The molecule has 0 fully saturated rings. The van der Waals surface area contributed by atoms with E-state index in [1.54, 1.807) is 19.9 Å². The molecule has 1 unspecified atom stereocenters. The lowest BCUT2D eigenvalue weighted by atomic mass is 10.0. The summed E-state index contributed by atoms with van der Waals surface area (Å²) in [4.78, 5) is 14.9. The summed E-state index contributed by atoms with van der Waals surface area (Å²) >= 11 is 0. The number of H-pyrrole nitrogens is 1. The second kappa shape index (κ2) is 3.72. The van der Waals surface area contributed by atoms with E-state index in [0.29, 0.717) is 10.9 Å². The lowest BCUT2D eigenvalue weighted by Gasteiger charge is -2.04. The SMILES string of the molecule is Cc1[nH]c2ccc(F)cc2c1C(=O)C(C)N. The van der Waals surface area contributed by atoms with Crippen LogP contribution < -0.4 is 5.73 Å². The Bertz CT molecular complexity index is 557. The van der Waals surface area contributed by atoms with Gasteiger partial charge in [0.1, 0.15) is 5.82 Å². The van der Waals surface area contributed by atoms with Crippen molar-refractivity contribution in [2.75, 3.05) is 0 Å². The van der Waals surface area contributed by atoms with Crippen molar-refractivity contribution in [3.63, 3.8) is 0 Å². The molecule has 0 saturated heterocycles. The van der Waals surface area contributed by atoms with Crippen LogP contribution in [0.2, 0.25) is 0 Å². The maximum atomic E-state index is 13.1. The van der Waals surface area contributed by atoms with Gasteiger partial charge in [-0.1, -0.05) is 0 Å².